The molecule has 4 N–H and O–H groups in total. The van der Waals surface area contributed by atoms with Crippen molar-refractivity contribution < 1.29 is 24.7 Å². The van der Waals surface area contributed by atoms with E-state index in [4.69, 9.17) is 10.3 Å². The highest BCUT2D eigenvalue weighted by atomic mass is 16.5. The molecule has 0 radical (unpaired) electrons. The van der Waals surface area contributed by atoms with Crippen LogP contribution in [0.25, 0.3) is 0 Å². The van der Waals surface area contributed by atoms with E-state index in [9.17, 15) is 14.4 Å². The molecular weight excluding hydrogens is 350 g/mol. The summed E-state index contributed by atoms with van der Waals surface area (Å²) in [6.07, 6.45) is 0.828. The van der Waals surface area contributed by atoms with Gasteiger partial charge >= 0.3 is 6.09 Å². The maximum absolute atomic E-state index is 13.1. The van der Waals surface area contributed by atoms with Gasteiger partial charge in [0.2, 0.25) is 11.8 Å². The van der Waals surface area contributed by atoms with Gasteiger partial charge in [0, 0.05) is 31.0 Å². The van der Waals surface area contributed by atoms with Crippen LogP contribution in [0.2, 0.25) is 0 Å². The number of likely N-dealkylation sites (tertiary alicyclic amines) is 1. The van der Waals surface area contributed by atoms with E-state index in [0.29, 0.717) is 25.9 Å². The smallest absolute Gasteiger partial charge is 0.404 e. The van der Waals surface area contributed by atoms with Gasteiger partial charge < -0.3 is 15.3 Å². The molecule has 8 heteroatoms. The molecule has 1 aliphatic heterocycles. The second-order valence-corrected chi connectivity index (χ2v) is 7.33. The normalized spacial score (nSPS) is 27.8. The number of carbonyl (C=O) groups excluding carboxylic acids is 2. The van der Waals surface area contributed by atoms with E-state index in [-0.39, 0.29) is 18.2 Å². The number of hydroxylamine groups is 1. The topological polar surface area (TPSA) is 119 Å². The Morgan fingerprint density at radius 3 is 2.44 bits per heavy atom. The van der Waals surface area contributed by atoms with Crippen LogP contribution in [0.5, 0.6) is 0 Å². The summed E-state index contributed by atoms with van der Waals surface area (Å²) in [6.45, 7) is 1.25. The van der Waals surface area contributed by atoms with Crippen molar-refractivity contribution >= 4 is 17.9 Å². The van der Waals surface area contributed by atoms with Crippen molar-refractivity contribution in [1.82, 2.24) is 15.7 Å². The number of carbonyl (C=O) groups is 3. The number of amides is 3. The first kappa shape index (κ1) is 19.2. The van der Waals surface area contributed by atoms with Gasteiger partial charge in [-0.1, -0.05) is 30.3 Å². The van der Waals surface area contributed by atoms with Crippen LogP contribution in [0.3, 0.4) is 0 Å². The van der Waals surface area contributed by atoms with Crippen molar-refractivity contribution in [2.24, 2.45) is 11.8 Å². The summed E-state index contributed by atoms with van der Waals surface area (Å²) in [5.41, 5.74) is 2.83. The van der Waals surface area contributed by atoms with Gasteiger partial charge in [0.15, 0.2) is 0 Å². The third-order valence-electron chi connectivity index (χ3n) is 5.71. The van der Waals surface area contributed by atoms with Gasteiger partial charge in [-0.25, -0.2) is 10.3 Å². The van der Waals surface area contributed by atoms with Gasteiger partial charge in [-0.3, -0.25) is 14.8 Å². The highest BCUT2D eigenvalue weighted by molar-refractivity contribution is 5.87. The minimum Gasteiger partial charge on any atom is -0.465 e. The van der Waals surface area contributed by atoms with E-state index >= 15 is 0 Å². The molecule has 8 nitrogen and oxygen atoms in total. The molecule has 1 saturated heterocycles. The van der Waals surface area contributed by atoms with Gasteiger partial charge in [-0.2, -0.15) is 0 Å². The van der Waals surface area contributed by atoms with Gasteiger partial charge in [0.1, 0.15) is 0 Å². The molecule has 2 aliphatic rings. The first-order valence-electron chi connectivity index (χ1n) is 9.26. The van der Waals surface area contributed by atoms with Crippen LogP contribution in [-0.2, 0) is 9.59 Å². The molecule has 1 saturated carbocycles. The number of nitrogens with one attached hydrogen (secondary N) is 2. The monoisotopic (exact) mass is 375 g/mol. The van der Waals surface area contributed by atoms with Crippen LogP contribution in [0.4, 0.5) is 4.79 Å². The van der Waals surface area contributed by atoms with Crippen molar-refractivity contribution in [3.8, 4) is 0 Å². The van der Waals surface area contributed by atoms with Crippen molar-refractivity contribution in [2.75, 3.05) is 13.1 Å². The number of hydrogen-bond donors (Lipinski definition) is 4. The van der Waals surface area contributed by atoms with Gasteiger partial charge in [-0.05, 0) is 31.2 Å². The molecule has 4 atom stereocenters. The molecule has 3 amide bonds. The third kappa shape index (κ3) is 4.39. The fraction of sp³-hybridized carbons (Fsp3) is 0.526. The third-order valence-corrected chi connectivity index (χ3v) is 5.71. The fourth-order valence-corrected chi connectivity index (χ4v) is 4.34. The van der Waals surface area contributed by atoms with E-state index in [0.717, 1.165) is 6.42 Å². The quantitative estimate of drug-likeness (QED) is 0.470. The van der Waals surface area contributed by atoms with Crippen LogP contribution < -0.4 is 10.8 Å². The van der Waals surface area contributed by atoms with Crippen molar-refractivity contribution in [3.05, 3.63) is 35.9 Å². The van der Waals surface area contributed by atoms with Crippen molar-refractivity contribution in [1.29, 1.82) is 0 Å². The Bertz CT molecular complexity index is 696. The minimum atomic E-state index is -1.15. The zero-order valence-electron chi connectivity index (χ0n) is 15.0. The van der Waals surface area contributed by atoms with E-state index in [2.05, 4.69) is 17.4 Å². The maximum Gasteiger partial charge on any atom is 0.404 e. The van der Waals surface area contributed by atoms with E-state index in [1.54, 1.807) is 10.4 Å². The first-order chi connectivity index (χ1) is 13.0. The predicted octanol–water partition coefficient (Wildman–Crippen LogP) is 1.56. The van der Waals surface area contributed by atoms with Crippen LogP contribution in [0.15, 0.2) is 30.3 Å². The van der Waals surface area contributed by atoms with Gasteiger partial charge in [0.05, 0.1) is 5.92 Å². The molecule has 0 spiro atoms. The van der Waals surface area contributed by atoms with E-state index in [1.807, 2.05) is 18.2 Å². The average Bonchev–Trinajstić information content (AvgIpc) is 3.17. The van der Waals surface area contributed by atoms with Crippen LogP contribution in [0.1, 0.15) is 37.2 Å². The molecule has 0 bridgehead atoms. The molecule has 1 heterocycles. The van der Waals surface area contributed by atoms with Crippen LogP contribution >= 0.6 is 0 Å². The number of benzene rings is 1. The average molecular weight is 375 g/mol. The van der Waals surface area contributed by atoms with Crippen molar-refractivity contribution in [3.63, 3.8) is 0 Å². The second kappa shape index (κ2) is 8.39. The molecule has 146 valence electrons. The Hall–Kier alpha value is -2.61. The summed E-state index contributed by atoms with van der Waals surface area (Å²) in [6, 6.07) is 9.65. The summed E-state index contributed by atoms with van der Waals surface area (Å²) < 4.78 is 0. The lowest BCUT2D eigenvalue weighted by Gasteiger charge is -2.35. The van der Waals surface area contributed by atoms with Crippen LogP contribution in [0, 0.1) is 11.8 Å². The second-order valence-electron chi connectivity index (χ2n) is 7.33. The van der Waals surface area contributed by atoms with E-state index < -0.39 is 29.9 Å². The first-order valence-corrected chi connectivity index (χ1v) is 9.26. The highest BCUT2D eigenvalue weighted by Crippen LogP contribution is 2.35. The minimum absolute atomic E-state index is 0.0872. The largest absolute Gasteiger partial charge is 0.465 e. The lowest BCUT2D eigenvalue weighted by Crippen LogP contribution is -2.49. The maximum atomic E-state index is 13.1. The Morgan fingerprint density at radius 1 is 1.04 bits per heavy atom. The molecule has 1 aromatic carbocycles. The molecule has 2 fully saturated rings. The molecule has 27 heavy (non-hydrogen) atoms. The lowest BCUT2D eigenvalue weighted by atomic mass is 9.75. The molecule has 0 aromatic heterocycles. The number of hydrogen-bond acceptors (Lipinski definition) is 4. The number of carboxylic acid groups (broad SMARTS) is 1. The predicted molar refractivity (Wildman–Crippen MR) is 96.1 cm³/mol. The Morgan fingerprint density at radius 2 is 1.78 bits per heavy atom. The summed E-state index contributed by atoms with van der Waals surface area (Å²) in [5, 5.41) is 20.3. The molecule has 1 aromatic rings. The van der Waals surface area contributed by atoms with Gasteiger partial charge in [0.25, 0.3) is 0 Å². The number of rotatable bonds is 4. The molecule has 0 unspecified atom stereocenters. The zero-order valence-corrected chi connectivity index (χ0v) is 15.0. The molecule has 3 rings (SSSR count). The Labute approximate surface area is 157 Å². The summed E-state index contributed by atoms with van der Waals surface area (Å²) in [5.74, 6) is -1.73. The highest BCUT2D eigenvalue weighted by Gasteiger charge is 2.42. The summed E-state index contributed by atoms with van der Waals surface area (Å²) >= 11 is 0. The fourth-order valence-electron chi connectivity index (χ4n) is 4.34. The summed E-state index contributed by atoms with van der Waals surface area (Å²) in [7, 11) is 0. The molecule has 1 aliphatic carbocycles. The zero-order chi connectivity index (χ0) is 19.4. The van der Waals surface area contributed by atoms with Crippen LogP contribution in [-0.4, -0.2) is 52.3 Å². The number of nitrogens with zero attached hydrogens (tertiary/aromatic N) is 1. The Balaban J connectivity index is 1.67. The molecular formula is C19H25N3O5. The van der Waals surface area contributed by atoms with E-state index in [1.165, 1.54) is 5.56 Å². The van der Waals surface area contributed by atoms with Crippen molar-refractivity contribution in [2.45, 2.75) is 37.6 Å². The Kier molecular flexibility index (Phi) is 5.95. The lowest BCUT2D eigenvalue weighted by molar-refractivity contribution is -0.146. The SMILES string of the molecule is O=C(O)N[C@@H]1CC[C@H](C(=O)N2CC[C@H](c3ccccc3)C2)[C@@H](C(=O)NO)C1. The van der Waals surface area contributed by atoms with Gasteiger partial charge in [-0.15, -0.1) is 0 Å². The standard InChI is InChI=1S/C19H25N3O5/c23-17(21-27)16-10-14(20-19(25)26)6-7-15(16)18(24)22-9-8-13(11-22)12-4-2-1-3-5-12/h1-5,13-16,20,27H,6-11H2,(H,21,23)(H,25,26)/t13-,14+,15-,16-/m0/s1. The summed E-state index contributed by atoms with van der Waals surface area (Å²) in [4.78, 5) is 37.8.